The second-order valence-corrected chi connectivity index (χ2v) is 9.65. The molecule has 0 atom stereocenters. The van der Waals surface area contributed by atoms with Crippen LogP contribution in [0, 0.1) is 0 Å². The maximum absolute atomic E-state index is 4.35. The zero-order valence-corrected chi connectivity index (χ0v) is 23.8. The van der Waals surface area contributed by atoms with E-state index in [-0.39, 0.29) is 17.1 Å². The van der Waals surface area contributed by atoms with Gasteiger partial charge in [0.25, 0.3) is 0 Å². The predicted octanol–water partition coefficient (Wildman–Crippen LogP) is 6.94. The van der Waals surface area contributed by atoms with E-state index in [1.54, 1.807) is 37.2 Å². The van der Waals surface area contributed by atoms with Gasteiger partial charge >= 0.3 is 17.1 Å². The van der Waals surface area contributed by atoms with Crippen LogP contribution in [0.2, 0.25) is 0 Å². The summed E-state index contributed by atoms with van der Waals surface area (Å²) in [7, 11) is 0. The monoisotopic (exact) mass is 603 g/mol. The summed E-state index contributed by atoms with van der Waals surface area (Å²) < 4.78 is 0. The zero-order valence-electron chi connectivity index (χ0n) is 22.8. The van der Waals surface area contributed by atoms with E-state index in [0.717, 1.165) is 65.4 Å². The summed E-state index contributed by atoms with van der Waals surface area (Å²) in [5, 5.41) is 32.9. The third-order valence-electron chi connectivity index (χ3n) is 7.03. The van der Waals surface area contributed by atoms with Crippen molar-refractivity contribution in [1.82, 2.24) is 0 Å². The van der Waals surface area contributed by atoms with Gasteiger partial charge in [0.15, 0.2) is 0 Å². The van der Waals surface area contributed by atoms with Crippen molar-refractivity contribution in [3.8, 4) is 0 Å². The summed E-state index contributed by atoms with van der Waals surface area (Å²) in [4.78, 5) is 0. The van der Waals surface area contributed by atoms with E-state index < -0.39 is 0 Å². The largest absolute Gasteiger partial charge is 2.00 e. The van der Waals surface area contributed by atoms with Gasteiger partial charge in [0.2, 0.25) is 0 Å². The third kappa shape index (κ3) is 5.72. The molecule has 43 heavy (non-hydrogen) atoms. The number of rotatable bonds is 0. The zero-order chi connectivity index (χ0) is 28.1. The molecule has 0 aliphatic carbocycles. The average Bonchev–Trinajstić information content (AvgIpc) is 3.09. The van der Waals surface area contributed by atoms with Crippen LogP contribution >= 0.6 is 0 Å². The first-order valence-electron chi connectivity index (χ1n) is 13.6. The molecule has 0 bridgehead atoms. The van der Waals surface area contributed by atoms with Crippen molar-refractivity contribution >= 4 is 70.6 Å². The van der Waals surface area contributed by atoms with Crippen molar-refractivity contribution in [2.24, 2.45) is 0 Å². The van der Waals surface area contributed by atoms with Gasteiger partial charge in [-0.3, -0.25) is 0 Å². The van der Waals surface area contributed by atoms with Crippen LogP contribution in [0.3, 0.4) is 0 Å². The molecule has 6 nitrogen and oxygen atoms in total. The Labute approximate surface area is 260 Å². The Hall–Kier alpha value is -5.36. The maximum Gasteiger partial charge on any atom is 2.00 e. The second kappa shape index (κ2) is 12.7. The first-order chi connectivity index (χ1) is 20.8. The molecular weight excluding hydrogens is 580 g/mol. The summed E-state index contributed by atoms with van der Waals surface area (Å²) >= 11 is 0. The molecule has 1 radical (unpaired) electrons. The molecule has 0 saturated heterocycles. The van der Waals surface area contributed by atoms with Gasteiger partial charge in [-0.1, -0.05) is 109 Å². The molecule has 9 rings (SSSR count). The Bertz CT molecular complexity index is 1750. The van der Waals surface area contributed by atoms with Gasteiger partial charge in [-0.15, -0.1) is 34.1 Å². The van der Waals surface area contributed by atoms with Crippen molar-refractivity contribution in [2.45, 2.75) is 0 Å². The maximum atomic E-state index is 4.35. The van der Waals surface area contributed by atoms with Crippen LogP contribution in [0.5, 0.6) is 0 Å². The Kier molecular flexibility index (Phi) is 8.18. The van der Waals surface area contributed by atoms with Crippen molar-refractivity contribution in [3.05, 3.63) is 173 Å². The summed E-state index contributed by atoms with van der Waals surface area (Å²) in [6.45, 7) is 0. The number of benzene rings is 3. The Morgan fingerprint density at radius 3 is 0.581 bits per heavy atom. The Morgan fingerprint density at radius 1 is 0.256 bits per heavy atom. The van der Waals surface area contributed by atoms with E-state index in [0.29, 0.717) is 0 Å². The minimum Gasteiger partial charge on any atom is -0.665 e. The second-order valence-electron chi connectivity index (χ2n) is 9.65. The van der Waals surface area contributed by atoms with E-state index in [9.17, 15) is 0 Å². The smallest absolute Gasteiger partial charge is 0.665 e. The molecule has 6 aliphatic heterocycles. The minimum absolute atomic E-state index is 0. The summed E-state index contributed by atoms with van der Waals surface area (Å²) in [6, 6.07) is 12.5. The van der Waals surface area contributed by atoms with Crippen LogP contribution in [0.1, 0.15) is 0 Å². The van der Waals surface area contributed by atoms with E-state index in [4.69, 9.17) is 0 Å². The summed E-state index contributed by atoms with van der Waals surface area (Å²) in [5.74, 6) is 0. The van der Waals surface area contributed by atoms with E-state index >= 15 is 0 Å². The normalized spacial score (nSPS) is 15.1. The molecule has 0 aromatic heterocycles. The van der Waals surface area contributed by atoms with Crippen molar-refractivity contribution in [1.29, 1.82) is 0 Å². The van der Waals surface area contributed by atoms with Gasteiger partial charge in [-0.2, -0.15) is 37.2 Å². The van der Waals surface area contributed by atoms with Crippen LogP contribution in [-0.4, -0.2) is 0 Å². The Balaban J connectivity index is 0.000000113. The molecule has 0 unspecified atom stereocenters. The number of allylic oxidation sites excluding steroid dienone is 6. The van der Waals surface area contributed by atoms with Crippen molar-refractivity contribution in [2.75, 3.05) is 0 Å². The molecule has 6 heterocycles. The fraction of sp³-hybridized carbons (Fsp3) is 0. The third-order valence-corrected chi connectivity index (χ3v) is 7.03. The molecule has 213 valence electrons. The van der Waals surface area contributed by atoms with Gasteiger partial charge in [0.05, 0.1) is 0 Å². The molecule has 3 aromatic carbocycles. The first-order valence-corrected chi connectivity index (χ1v) is 13.6. The van der Waals surface area contributed by atoms with E-state index in [2.05, 4.69) is 105 Å². The molecule has 0 amide bonds. The standard InChI is InChI=1S/3C12H8N2.Cu/c3*1-3-9-5-6-10-4-2-8-14-12(10)11(9)13-7-1;/h3*1-8H;/q3*-2;+2. The average molecular weight is 604 g/mol. The molecular formula is C36H24CuN6-4. The number of hydrogen-bond donors (Lipinski definition) is 0. The van der Waals surface area contributed by atoms with E-state index in [1.165, 1.54) is 0 Å². The molecule has 0 spiro atoms. The van der Waals surface area contributed by atoms with Gasteiger partial charge in [-0.25, -0.2) is 0 Å². The van der Waals surface area contributed by atoms with Crippen LogP contribution in [-0.2, 0) is 17.1 Å². The van der Waals surface area contributed by atoms with Crippen LogP contribution in [0.15, 0.2) is 110 Å². The fourth-order valence-corrected chi connectivity index (χ4v) is 5.04. The SMILES string of the molecule is C1=C[N-]c2c3c(ccc2=C1)=CC=C[N-]3.C1=C[N-]c2c3c(ccc2=C1)=CC=C[N-]3.C1=C[N-]c2c3c(ccc2=C1)=CC=C[N-]3.[Cu+2]. The van der Waals surface area contributed by atoms with Gasteiger partial charge in [0.1, 0.15) is 0 Å². The van der Waals surface area contributed by atoms with E-state index in [1.807, 2.05) is 36.5 Å². The topological polar surface area (TPSA) is 84.6 Å². The van der Waals surface area contributed by atoms with Crippen LogP contribution in [0.25, 0.3) is 68.4 Å². The summed E-state index contributed by atoms with van der Waals surface area (Å²) in [5.41, 5.74) is 5.86. The number of fused-ring (bicyclic) bond motifs is 9. The quantitative estimate of drug-likeness (QED) is 0.249. The van der Waals surface area contributed by atoms with Crippen LogP contribution < -0.4 is 31.3 Å². The predicted molar refractivity (Wildman–Crippen MR) is 177 cm³/mol. The van der Waals surface area contributed by atoms with Gasteiger partial charge in [0, 0.05) is 0 Å². The minimum atomic E-state index is 0. The Morgan fingerprint density at radius 2 is 0.419 bits per heavy atom. The molecule has 0 fully saturated rings. The number of hydrogen-bond acceptors (Lipinski definition) is 0. The fourth-order valence-electron chi connectivity index (χ4n) is 5.04. The molecule has 6 aliphatic rings. The van der Waals surface area contributed by atoms with Gasteiger partial charge in [-0.05, 0) is 31.3 Å². The molecule has 7 heteroatoms. The number of nitrogens with zero attached hydrogens (tertiary/aromatic N) is 6. The molecule has 0 saturated carbocycles. The first kappa shape index (κ1) is 27.8. The molecule has 3 aromatic rings. The van der Waals surface area contributed by atoms with Crippen LogP contribution in [0.4, 0.5) is 34.1 Å². The van der Waals surface area contributed by atoms with Gasteiger partial charge < -0.3 is 31.9 Å². The molecule has 0 N–H and O–H groups in total. The van der Waals surface area contributed by atoms with Crippen molar-refractivity contribution in [3.63, 3.8) is 0 Å². The van der Waals surface area contributed by atoms with Crippen molar-refractivity contribution < 1.29 is 17.1 Å². The summed E-state index contributed by atoms with van der Waals surface area (Å²) in [6.07, 6.45) is 34.8.